The standard InChI is InChI=1S/C14H15ClN2O2S/c1-9-7-17-14(20-9)6-13(19)16-8-12(18)10-2-4-11(15)5-3-10/h2-5,7,12,18H,6,8H2,1H3,(H,16,19)/t12-/m1/s1. The van der Waals surface area contributed by atoms with Crippen LogP contribution >= 0.6 is 22.9 Å². The van der Waals surface area contributed by atoms with Crippen molar-refractivity contribution in [2.45, 2.75) is 19.4 Å². The number of aliphatic hydroxyl groups excluding tert-OH is 1. The van der Waals surface area contributed by atoms with Crippen molar-refractivity contribution >= 4 is 28.8 Å². The number of aliphatic hydroxyl groups is 1. The molecule has 1 aromatic heterocycles. The van der Waals surface area contributed by atoms with Crippen molar-refractivity contribution in [1.29, 1.82) is 0 Å². The van der Waals surface area contributed by atoms with Gasteiger partial charge < -0.3 is 10.4 Å². The van der Waals surface area contributed by atoms with Gasteiger partial charge in [0.1, 0.15) is 5.01 Å². The van der Waals surface area contributed by atoms with E-state index in [1.54, 1.807) is 30.5 Å². The summed E-state index contributed by atoms with van der Waals surface area (Å²) in [6.07, 6.45) is 1.25. The zero-order chi connectivity index (χ0) is 14.5. The molecule has 0 saturated heterocycles. The van der Waals surface area contributed by atoms with Gasteiger partial charge in [0.05, 0.1) is 12.5 Å². The Kier molecular flexibility index (Phi) is 5.11. The number of halogens is 1. The number of rotatable bonds is 5. The fraction of sp³-hybridized carbons (Fsp3) is 0.286. The zero-order valence-electron chi connectivity index (χ0n) is 11.0. The lowest BCUT2D eigenvalue weighted by Crippen LogP contribution is -2.29. The van der Waals surface area contributed by atoms with Crippen molar-refractivity contribution < 1.29 is 9.90 Å². The lowest BCUT2D eigenvalue weighted by atomic mass is 10.1. The van der Waals surface area contributed by atoms with Gasteiger partial charge in [0, 0.05) is 22.6 Å². The van der Waals surface area contributed by atoms with Crippen LogP contribution in [0.4, 0.5) is 0 Å². The quantitative estimate of drug-likeness (QED) is 0.892. The van der Waals surface area contributed by atoms with Crippen molar-refractivity contribution in [3.05, 3.63) is 50.9 Å². The van der Waals surface area contributed by atoms with Crippen LogP contribution in [0.2, 0.25) is 5.02 Å². The molecule has 0 aliphatic heterocycles. The topological polar surface area (TPSA) is 62.2 Å². The van der Waals surface area contributed by atoms with Crippen molar-refractivity contribution in [2.75, 3.05) is 6.54 Å². The molecule has 0 aliphatic rings. The maximum Gasteiger partial charge on any atom is 0.226 e. The van der Waals surface area contributed by atoms with Crippen LogP contribution in [0, 0.1) is 6.92 Å². The Bertz CT molecular complexity index is 583. The number of amides is 1. The third-order valence-corrected chi connectivity index (χ3v) is 3.89. The second-order valence-electron chi connectivity index (χ2n) is 4.41. The Labute approximate surface area is 126 Å². The van der Waals surface area contributed by atoms with Crippen molar-refractivity contribution in [3.63, 3.8) is 0 Å². The highest BCUT2D eigenvalue weighted by Crippen LogP contribution is 2.16. The summed E-state index contributed by atoms with van der Waals surface area (Å²) in [4.78, 5) is 16.9. The summed E-state index contributed by atoms with van der Waals surface area (Å²) in [5.74, 6) is -0.146. The average Bonchev–Trinajstić information content (AvgIpc) is 2.82. The molecule has 0 radical (unpaired) electrons. The molecule has 4 nitrogen and oxygen atoms in total. The second kappa shape index (κ2) is 6.83. The molecule has 0 spiro atoms. The molecule has 1 aromatic carbocycles. The minimum atomic E-state index is -0.741. The lowest BCUT2D eigenvalue weighted by molar-refractivity contribution is -0.120. The summed E-state index contributed by atoms with van der Waals surface area (Å²) in [6.45, 7) is 2.12. The maximum absolute atomic E-state index is 11.7. The van der Waals surface area contributed by atoms with E-state index in [9.17, 15) is 9.90 Å². The molecule has 6 heteroatoms. The zero-order valence-corrected chi connectivity index (χ0v) is 12.5. The molecule has 2 N–H and O–H groups in total. The van der Waals surface area contributed by atoms with Gasteiger partial charge in [0.2, 0.25) is 5.91 Å². The van der Waals surface area contributed by atoms with Gasteiger partial charge in [-0.3, -0.25) is 4.79 Å². The Hall–Kier alpha value is -1.43. The first kappa shape index (κ1) is 15.0. The van der Waals surface area contributed by atoms with Gasteiger partial charge in [0.25, 0.3) is 0 Å². The van der Waals surface area contributed by atoms with Gasteiger partial charge in [-0.2, -0.15) is 0 Å². The first-order valence-electron chi connectivity index (χ1n) is 6.16. The normalized spacial score (nSPS) is 12.2. The summed E-state index contributed by atoms with van der Waals surface area (Å²) in [5, 5.41) is 14.1. The van der Waals surface area contributed by atoms with E-state index in [2.05, 4.69) is 10.3 Å². The molecule has 2 rings (SSSR count). The Balaban J connectivity index is 1.82. The van der Waals surface area contributed by atoms with Crippen LogP contribution in [0.3, 0.4) is 0 Å². The van der Waals surface area contributed by atoms with E-state index in [0.717, 1.165) is 15.4 Å². The molecular formula is C14H15ClN2O2S. The first-order chi connectivity index (χ1) is 9.54. The fourth-order valence-electron chi connectivity index (χ4n) is 1.70. The maximum atomic E-state index is 11.7. The fourth-order valence-corrected chi connectivity index (χ4v) is 2.61. The van der Waals surface area contributed by atoms with Gasteiger partial charge in [0.15, 0.2) is 0 Å². The Morgan fingerprint density at radius 1 is 1.45 bits per heavy atom. The molecule has 0 unspecified atom stereocenters. The minimum absolute atomic E-state index is 0.146. The number of aromatic nitrogens is 1. The van der Waals surface area contributed by atoms with Crippen LogP contribution in [0.5, 0.6) is 0 Å². The molecule has 0 fully saturated rings. The molecule has 1 heterocycles. The van der Waals surface area contributed by atoms with E-state index in [0.29, 0.717) is 5.02 Å². The van der Waals surface area contributed by atoms with E-state index < -0.39 is 6.10 Å². The molecule has 106 valence electrons. The van der Waals surface area contributed by atoms with Crippen molar-refractivity contribution in [3.8, 4) is 0 Å². The number of hydrogen-bond acceptors (Lipinski definition) is 4. The van der Waals surface area contributed by atoms with Gasteiger partial charge in [-0.25, -0.2) is 4.98 Å². The van der Waals surface area contributed by atoms with Gasteiger partial charge >= 0.3 is 0 Å². The van der Waals surface area contributed by atoms with Crippen LogP contribution in [-0.2, 0) is 11.2 Å². The molecule has 2 aromatic rings. The van der Waals surface area contributed by atoms with Crippen molar-refractivity contribution in [2.24, 2.45) is 0 Å². The molecule has 20 heavy (non-hydrogen) atoms. The van der Waals surface area contributed by atoms with E-state index in [1.165, 1.54) is 11.3 Å². The average molecular weight is 311 g/mol. The first-order valence-corrected chi connectivity index (χ1v) is 7.35. The Morgan fingerprint density at radius 2 is 2.15 bits per heavy atom. The summed E-state index contributed by atoms with van der Waals surface area (Å²) in [7, 11) is 0. The molecule has 1 amide bonds. The number of thiazole rings is 1. The largest absolute Gasteiger partial charge is 0.387 e. The Morgan fingerprint density at radius 3 is 2.75 bits per heavy atom. The summed E-state index contributed by atoms with van der Waals surface area (Å²) >= 11 is 7.28. The van der Waals surface area contributed by atoms with Crippen LogP contribution < -0.4 is 5.32 Å². The van der Waals surface area contributed by atoms with E-state index in [4.69, 9.17) is 11.6 Å². The number of nitrogens with one attached hydrogen (secondary N) is 1. The van der Waals surface area contributed by atoms with Crippen LogP contribution in [0.1, 0.15) is 21.6 Å². The van der Waals surface area contributed by atoms with Crippen LogP contribution in [-0.4, -0.2) is 22.5 Å². The predicted octanol–water partition coefficient (Wildman–Crippen LogP) is 2.50. The monoisotopic (exact) mass is 310 g/mol. The summed E-state index contributed by atoms with van der Waals surface area (Å²) < 4.78 is 0. The molecule has 0 bridgehead atoms. The number of carbonyl (C=O) groups excluding carboxylic acids is 1. The SMILES string of the molecule is Cc1cnc(CC(=O)NC[C@@H](O)c2ccc(Cl)cc2)s1. The molecular weight excluding hydrogens is 296 g/mol. The lowest BCUT2D eigenvalue weighted by Gasteiger charge is -2.12. The number of aryl methyl sites for hydroxylation is 1. The third kappa shape index (κ3) is 4.30. The molecule has 0 aliphatic carbocycles. The number of benzene rings is 1. The summed E-state index contributed by atoms with van der Waals surface area (Å²) in [5.41, 5.74) is 0.722. The third-order valence-electron chi connectivity index (χ3n) is 2.73. The van der Waals surface area contributed by atoms with Gasteiger partial charge in [-0.1, -0.05) is 23.7 Å². The molecule has 1 atom stereocenters. The van der Waals surface area contributed by atoms with Gasteiger partial charge in [-0.05, 0) is 24.6 Å². The highest BCUT2D eigenvalue weighted by molar-refractivity contribution is 7.11. The van der Waals surface area contributed by atoms with Crippen LogP contribution in [0.15, 0.2) is 30.5 Å². The van der Waals surface area contributed by atoms with E-state index >= 15 is 0 Å². The summed E-state index contributed by atoms with van der Waals surface area (Å²) in [6, 6.07) is 6.90. The smallest absolute Gasteiger partial charge is 0.226 e. The van der Waals surface area contributed by atoms with E-state index in [-0.39, 0.29) is 18.9 Å². The number of nitrogens with zero attached hydrogens (tertiary/aromatic N) is 1. The highest BCUT2D eigenvalue weighted by Gasteiger charge is 2.11. The highest BCUT2D eigenvalue weighted by atomic mass is 35.5. The second-order valence-corrected chi connectivity index (χ2v) is 6.17. The van der Waals surface area contributed by atoms with Crippen LogP contribution in [0.25, 0.3) is 0 Å². The predicted molar refractivity (Wildman–Crippen MR) is 80.0 cm³/mol. The number of hydrogen-bond donors (Lipinski definition) is 2. The van der Waals surface area contributed by atoms with Gasteiger partial charge in [-0.15, -0.1) is 11.3 Å². The van der Waals surface area contributed by atoms with E-state index in [1.807, 2.05) is 6.92 Å². The van der Waals surface area contributed by atoms with Crippen molar-refractivity contribution in [1.82, 2.24) is 10.3 Å². The number of carbonyl (C=O) groups is 1. The minimum Gasteiger partial charge on any atom is -0.387 e. The molecule has 0 saturated carbocycles.